The summed E-state index contributed by atoms with van der Waals surface area (Å²) >= 11 is 0. The summed E-state index contributed by atoms with van der Waals surface area (Å²) in [6.45, 7) is 4.68. The van der Waals surface area contributed by atoms with Gasteiger partial charge in [-0.25, -0.2) is 4.99 Å². The summed E-state index contributed by atoms with van der Waals surface area (Å²) in [6, 6.07) is 12.8. The van der Waals surface area contributed by atoms with Crippen molar-refractivity contribution in [3.63, 3.8) is 0 Å². The molecule has 0 radical (unpaired) electrons. The topological polar surface area (TPSA) is 64.1 Å². The molecule has 1 heterocycles. The van der Waals surface area contributed by atoms with Gasteiger partial charge in [0.2, 0.25) is 0 Å². The van der Waals surface area contributed by atoms with E-state index in [1.54, 1.807) is 18.2 Å². The van der Waals surface area contributed by atoms with Gasteiger partial charge in [-0.15, -0.1) is 0 Å². The molecule has 0 saturated carbocycles. The molecule has 2 aromatic carbocycles. The Bertz CT molecular complexity index is 887. The number of guanidine groups is 1. The zero-order chi connectivity index (χ0) is 22.8. The molecule has 1 saturated heterocycles. The van der Waals surface area contributed by atoms with Gasteiger partial charge in [0.05, 0.1) is 19.8 Å². The number of aliphatic imine (C=N–C) groups is 1. The fraction of sp³-hybridized carbons (Fsp3) is 0.458. The SMILES string of the molecule is CCNC(=NCc1ccccc1OC(F)F)NCc1ccc(C)cc1OCC1CCOC1. The first-order valence-corrected chi connectivity index (χ1v) is 10.9. The van der Waals surface area contributed by atoms with Crippen molar-refractivity contribution in [3.05, 3.63) is 59.2 Å². The fourth-order valence-corrected chi connectivity index (χ4v) is 3.39. The average molecular weight is 448 g/mol. The van der Waals surface area contributed by atoms with Crippen molar-refractivity contribution in [1.29, 1.82) is 0 Å². The number of aryl methyl sites for hydroxylation is 1. The van der Waals surface area contributed by atoms with Crippen molar-refractivity contribution in [2.24, 2.45) is 10.9 Å². The predicted octanol–water partition coefficient (Wildman–Crippen LogP) is 4.27. The first kappa shape index (κ1) is 23.8. The van der Waals surface area contributed by atoms with Gasteiger partial charge in [0.15, 0.2) is 5.96 Å². The number of hydrogen-bond acceptors (Lipinski definition) is 4. The predicted molar refractivity (Wildman–Crippen MR) is 120 cm³/mol. The van der Waals surface area contributed by atoms with Gasteiger partial charge in [-0.3, -0.25) is 0 Å². The molecule has 0 aliphatic carbocycles. The van der Waals surface area contributed by atoms with Crippen molar-refractivity contribution in [1.82, 2.24) is 10.6 Å². The molecule has 1 atom stereocenters. The summed E-state index contributed by atoms with van der Waals surface area (Å²) in [7, 11) is 0. The molecule has 0 aromatic heterocycles. The Balaban J connectivity index is 1.65. The number of rotatable bonds is 10. The number of nitrogens with zero attached hydrogens (tertiary/aromatic N) is 1. The third kappa shape index (κ3) is 7.37. The maximum Gasteiger partial charge on any atom is 0.387 e. The van der Waals surface area contributed by atoms with Gasteiger partial charge < -0.3 is 24.8 Å². The Kier molecular flexibility index (Phi) is 9.10. The molecule has 1 aliphatic heterocycles. The zero-order valence-electron chi connectivity index (χ0n) is 18.6. The van der Waals surface area contributed by atoms with Crippen molar-refractivity contribution in [3.8, 4) is 11.5 Å². The minimum Gasteiger partial charge on any atom is -0.493 e. The molecule has 3 rings (SSSR count). The van der Waals surface area contributed by atoms with Crippen LogP contribution in [0.4, 0.5) is 8.78 Å². The van der Waals surface area contributed by atoms with Gasteiger partial charge in [-0.05, 0) is 38.0 Å². The van der Waals surface area contributed by atoms with E-state index in [0.29, 0.717) is 37.1 Å². The van der Waals surface area contributed by atoms with E-state index in [2.05, 4.69) is 20.4 Å². The number of para-hydroxylation sites is 1. The van der Waals surface area contributed by atoms with Crippen LogP contribution in [-0.2, 0) is 17.8 Å². The Morgan fingerprint density at radius 3 is 2.75 bits per heavy atom. The van der Waals surface area contributed by atoms with E-state index in [-0.39, 0.29) is 12.3 Å². The Morgan fingerprint density at radius 1 is 1.16 bits per heavy atom. The lowest BCUT2D eigenvalue weighted by Gasteiger charge is -2.17. The van der Waals surface area contributed by atoms with E-state index < -0.39 is 6.61 Å². The summed E-state index contributed by atoms with van der Waals surface area (Å²) in [6.07, 6.45) is 1.02. The summed E-state index contributed by atoms with van der Waals surface area (Å²) in [5, 5.41) is 6.48. The van der Waals surface area contributed by atoms with Crippen LogP contribution in [0.5, 0.6) is 11.5 Å². The molecule has 2 N–H and O–H groups in total. The Morgan fingerprint density at radius 2 is 2.00 bits per heavy atom. The largest absolute Gasteiger partial charge is 0.493 e. The summed E-state index contributed by atoms with van der Waals surface area (Å²) < 4.78 is 41.4. The van der Waals surface area contributed by atoms with Gasteiger partial charge in [-0.2, -0.15) is 8.78 Å². The minimum absolute atomic E-state index is 0.132. The molecule has 0 amide bonds. The van der Waals surface area contributed by atoms with E-state index in [1.165, 1.54) is 6.07 Å². The standard InChI is InChI=1S/C24H31F2N3O3/c1-3-27-24(28-13-19-6-4-5-7-21(19)32-23(25)26)29-14-20-9-8-17(2)12-22(20)31-16-18-10-11-30-15-18/h4-9,12,18,23H,3,10-11,13-16H2,1-2H3,(H2,27,28,29). The van der Waals surface area contributed by atoms with Crippen LogP contribution in [-0.4, -0.2) is 38.9 Å². The highest BCUT2D eigenvalue weighted by Gasteiger charge is 2.17. The van der Waals surface area contributed by atoms with Crippen LogP contribution in [0.15, 0.2) is 47.5 Å². The van der Waals surface area contributed by atoms with Crippen LogP contribution >= 0.6 is 0 Å². The molecule has 6 nitrogen and oxygen atoms in total. The Labute approximate surface area is 188 Å². The molecule has 174 valence electrons. The first-order valence-electron chi connectivity index (χ1n) is 10.9. The lowest BCUT2D eigenvalue weighted by molar-refractivity contribution is -0.0504. The van der Waals surface area contributed by atoms with Gasteiger partial charge in [0.25, 0.3) is 0 Å². The molecule has 8 heteroatoms. The van der Waals surface area contributed by atoms with Crippen LogP contribution in [0, 0.1) is 12.8 Å². The molecule has 1 fully saturated rings. The molecule has 0 spiro atoms. The van der Waals surface area contributed by atoms with E-state index in [0.717, 1.165) is 36.5 Å². The maximum atomic E-state index is 12.7. The number of alkyl halides is 2. The van der Waals surface area contributed by atoms with Crippen molar-refractivity contribution >= 4 is 5.96 Å². The molecule has 0 bridgehead atoms. The lowest BCUT2D eigenvalue weighted by Crippen LogP contribution is -2.36. The van der Waals surface area contributed by atoms with E-state index in [9.17, 15) is 8.78 Å². The number of ether oxygens (including phenoxy) is 3. The molecular weight excluding hydrogens is 416 g/mol. The Hall–Kier alpha value is -2.87. The molecular formula is C24H31F2N3O3. The van der Waals surface area contributed by atoms with E-state index >= 15 is 0 Å². The molecule has 1 unspecified atom stereocenters. The van der Waals surface area contributed by atoms with Gasteiger partial charge in [0, 0.05) is 36.7 Å². The molecule has 1 aliphatic rings. The monoisotopic (exact) mass is 447 g/mol. The van der Waals surface area contributed by atoms with Gasteiger partial charge in [-0.1, -0.05) is 30.3 Å². The van der Waals surface area contributed by atoms with Crippen LogP contribution < -0.4 is 20.1 Å². The second-order valence-corrected chi connectivity index (χ2v) is 7.69. The highest BCUT2D eigenvalue weighted by atomic mass is 19.3. The van der Waals surface area contributed by atoms with Crippen molar-refractivity contribution in [2.75, 3.05) is 26.4 Å². The van der Waals surface area contributed by atoms with E-state index in [1.807, 2.05) is 32.0 Å². The number of hydrogen-bond donors (Lipinski definition) is 2. The normalized spacial score (nSPS) is 16.3. The fourth-order valence-electron chi connectivity index (χ4n) is 3.39. The van der Waals surface area contributed by atoms with E-state index in [4.69, 9.17) is 9.47 Å². The van der Waals surface area contributed by atoms with Crippen molar-refractivity contribution in [2.45, 2.75) is 40.0 Å². The van der Waals surface area contributed by atoms with Crippen LogP contribution in [0.2, 0.25) is 0 Å². The average Bonchev–Trinajstić information content (AvgIpc) is 3.29. The number of nitrogens with one attached hydrogen (secondary N) is 2. The highest BCUT2D eigenvalue weighted by molar-refractivity contribution is 5.79. The third-order valence-electron chi connectivity index (χ3n) is 5.11. The zero-order valence-corrected chi connectivity index (χ0v) is 18.6. The second-order valence-electron chi connectivity index (χ2n) is 7.69. The summed E-state index contributed by atoms with van der Waals surface area (Å²) in [5.41, 5.74) is 2.73. The smallest absolute Gasteiger partial charge is 0.387 e. The minimum atomic E-state index is -2.87. The number of benzene rings is 2. The summed E-state index contributed by atoms with van der Waals surface area (Å²) in [5.74, 6) is 1.98. The summed E-state index contributed by atoms with van der Waals surface area (Å²) in [4.78, 5) is 4.54. The van der Waals surface area contributed by atoms with Crippen LogP contribution in [0.3, 0.4) is 0 Å². The number of halogens is 2. The first-order chi connectivity index (χ1) is 15.5. The third-order valence-corrected chi connectivity index (χ3v) is 5.11. The quantitative estimate of drug-likeness (QED) is 0.421. The highest BCUT2D eigenvalue weighted by Crippen LogP contribution is 2.23. The second kappa shape index (κ2) is 12.2. The van der Waals surface area contributed by atoms with Gasteiger partial charge >= 0.3 is 6.61 Å². The lowest BCUT2D eigenvalue weighted by atomic mass is 10.1. The van der Waals surface area contributed by atoms with Crippen LogP contribution in [0.1, 0.15) is 30.0 Å². The van der Waals surface area contributed by atoms with Crippen LogP contribution in [0.25, 0.3) is 0 Å². The van der Waals surface area contributed by atoms with Crippen molar-refractivity contribution < 1.29 is 23.0 Å². The molecule has 32 heavy (non-hydrogen) atoms. The van der Waals surface area contributed by atoms with Gasteiger partial charge in [0.1, 0.15) is 11.5 Å². The molecule has 2 aromatic rings. The maximum absolute atomic E-state index is 12.7.